The fourth-order valence-electron chi connectivity index (χ4n) is 3.09. The summed E-state index contributed by atoms with van der Waals surface area (Å²) in [7, 11) is 0. The number of carbonyl (C=O) groups is 2. The van der Waals surface area contributed by atoms with Crippen molar-refractivity contribution in [1.82, 2.24) is 0 Å². The molecule has 1 N–H and O–H groups in total. The number of ether oxygens (including phenoxy) is 1. The fraction of sp³-hybridized carbons (Fsp3) is 0.333. The Morgan fingerprint density at radius 1 is 1.15 bits per heavy atom. The number of amides is 1. The molecule has 3 rings (SSSR count). The molecule has 0 spiro atoms. The third-order valence-corrected chi connectivity index (χ3v) is 5.09. The summed E-state index contributed by atoms with van der Waals surface area (Å²) in [5.74, 6) is 0.495. The average Bonchev–Trinajstić information content (AvgIpc) is 2.65. The molecule has 27 heavy (non-hydrogen) atoms. The minimum absolute atomic E-state index is 0.0429. The summed E-state index contributed by atoms with van der Waals surface area (Å²) in [4.78, 5) is 26.7. The van der Waals surface area contributed by atoms with E-state index in [9.17, 15) is 9.59 Å². The van der Waals surface area contributed by atoms with Gasteiger partial charge in [-0.15, -0.1) is 0 Å². The molecule has 0 aliphatic carbocycles. The molecule has 2 aromatic carbocycles. The van der Waals surface area contributed by atoms with E-state index in [0.29, 0.717) is 12.1 Å². The first kappa shape index (κ1) is 19.3. The van der Waals surface area contributed by atoms with Gasteiger partial charge in [0.05, 0.1) is 23.5 Å². The van der Waals surface area contributed by atoms with Crippen LogP contribution in [0.1, 0.15) is 29.8 Å². The lowest BCUT2D eigenvalue weighted by Crippen LogP contribution is -2.54. The van der Waals surface area contributed by atoms with Gasteiger partial charge in [-0.05, 0) is 49.9 Å². The molecule has 0 bridgehead atoms. The molecule has 6 heteroatoms. The smallest absolute Gasteiger partial charge is 0.338 e. The van der Waals surface area contributed by atoms with Gasteiger partial charge in [0, 0.05) is 5.75 Å². The monoisotopic (exact) mass is 384 g/mol. The number of nitrogens with one attached hydrogen (secondary N) is 1. The minimum atomic E-state index is -0.703. The number of carbonyl (C=O) groups excluding carboxylic acids is 2. The lowest BCUT2D eigenvalue weighted by molar-refractivity contribution is -0.122. The van der Waals surface area contributed by atoms with Crippen LogP contribution in [0.15, 0.2) is 48.5 Å². The highest BCUT2D eigenvalue weighted by Gasteiger charge is 2.38. The molecule has 1 heterocycles. The topological polar surface area (TPSA) is 58.6 Å². The van der Waals surface area contributed by atoms with Gasteiger partial charge >= 0.3 is 5.97 Å². The predicted octanol–water partition coefficient (Wildman–Crippen LogP) is 3.94. The first-order valence-corrected chi connectivity index (χ1v) is 10.3. The van der Waals surface area contributed by atoms with E-state index in [1.807, 2.05) is 56.5 Å². The largest absolute Gasteiger partial charge is 0.460 e. The Kier molecular flexibility index (Phi) is 5.75. The number of thioether (sulfide) groups is 1. The third kappa shape index (κ3) is 4.27. The van der Waals surface area contributed by atoms with Crippen LogP contribution in [0.3, 0.4) is 0 Å². The van der Waals surface area contributed by atoms with Crippen molar-refractivity contribution in [3.8, 4) is 0 Å². The Morgan fingerprint density at radius 2 is 1.85 bits per heavy atom. The summed E-state index contributed by atoms with van der Waals surface area (Å²) in [6.45, 7) is 4.15. The van der Waals surface area contributed by atoms with Crippen molar-refractivity contribution >= 4 is 35.0 Å². The maximum atomic E-state index is 12.8. The number of nitrogens with zero attached hydrogens (tertiary/aromatic N) is 1. The molecule has 0 saturated heterocycles. The zero-order chi connectivity index (χ0) is 19.4. The van der Waals surface area contributed by atoms with Gasteiger partial charge in [-0.2, -0.15) is 11.8 Å². The number of hydrogen-bond acceptors (Lipinski definition) is 5. The molecule has 0 aromatic heterocycles. The Hall–Kier alpha value is -2.47. The average molecular weight is 385 g/mol. The fourth-order valence-corrected chi connectivity index (χ4v) is 3.62. The first-order valence-electron chi connectivity index (χ1n) is 8.86. The Balaban J connectivity index is 1.64. The molecule has 1 aliphatic rings. The SMILES string of the molecule is CSCc1ccc(C(=O)OCCN2C(=O)C(C)(C)Nc3ccccc32)cc1. The predicted molar refractivity (Wildman–Crippen MR) is 110 cm³/mol. The summed E-state index contributed by atoms with van der Waals surface area (Å²) in [6, 6.07) is 15.1. The normalized spacial score (nSPS) is 15.1. The van der Waals surface area contributed by atoms with Crippen molar-refractivity contribution in [2.75, 3.05) is 29.6 Å². The molecule has 0 saturated carbocycles. The molecule has 1 aliphatic heterocycles. The van der Waals surface area contributed by atoms with Crippen molar-refractivity contribution in [3.63, 3.8) is 0 Å². The molecule has 0 fully saturated rings. The van der Waals surface area contributed by atoms with Crippen LogP contribution in [-0.2, 0) is 15.3 Å². The quantitative estimate of drug-likeness (QED) is 0.765. The highest BCUT2D eigenvalue weighted by atomic mass is 32.2. The lowest BCUT2D eigenvalue weighted by Gasteiger charge is -2.39. The van der Waals surface area contributed by atoms with E-state index in [2.05, 4.69) is 5.32 Å². The Bertz CT molecular complexity index is 834. The maximum absolute atomic E-state index is 12.8. The van der Waals surface area contributed by atoms with E-state index in [1.54, 1.807) is 28.8 Å². The minimum Gasteiger partial charge on any atom is -0.460 e. The van der Waals surface area contributed by atoms with Crippen LogP contribution < -0.4 is 10.2 Å². The number of esters is 1. The van der Waals surface area contributed by atoms with Gasteiger partial charge in [0.15, 0.2) is 0 Å². The van der Waals surface area contributed by atoms with E-state index >= 15 is 0 Å². The number of anilines is 2. The van der Waals surface area contributed by atoms with Crippen LogP contribution in [0.2, 0.25) is 0 Å². The number of hydrogen-bond donors (Lipinski definition) is 1. The number of rotatable bonds is 6. The molecule has 1 amide bonds. The number of fused-ring (bicyclic) bond motifs is 1. The van der Waals surface area contributed by atoms with Gasteiger partial charge < -0.3 is 15.0 Å². The second-order valence-corrected chi connectivity index (χ2v) is 7.86. The lowest BCUT2D eigenvalue weighted by atomic mass is 9.98. The summed E-state index contributed by atoms with van der Waals surface area (Å²) in [6.07, 6.45) is 2.04. The van der Waals surface area contributed by atoms with Crippen LogP contribution in [0.25, 0.3) is 0 Å². The van der Waals surface area contributed by atoms with Crippen molar-refractivity contribution < 1.29 is 14.3 Å². The zero-order valence-electron chi connectivity index (χ0n) is 15.8. The van der Waals surface area contributed by atoms with Gasteiger partial charge in [-0.3, -0.25) is 4.79 Å². The third-order valence-electron chi connectivity index (χ3n) is 4.47. The molecule has 2 aromatic rings. The molecule has 0 radical (unpaired) electrons. The standard InChI is InChI=1S/C21H24N2O3S/c1-21(2)20(25)23(18-7-5-4-6-17(18)22-21)12-13-26-19(24)16-10-8-15(9-11-16)14-27-3/h4-11,22H,12-14H2,1-3H3. The second-order valence-electron chi connectivity index (χ2n) is 6.99. The van der Waals surface area contributed by atoms with Crippen LogP contribution in [-0.4, -0.2) is 36.8 Å². The van der Waals surface area contributed by atoms with Crippen molar-refractivity contribution in [2.24, 2.45) is 0 Å². The summed E-state index contributed by atoms with van der Waals surface area (Å²) in [5.41, 5.74) is 2.69. The number of para-hydroxylation sites is 2. The molecule has 0 unspecified atom stereocenters. The Labute approximate surface area is 164 Å². The molecule has 142 valence electrons. The van der Waals surface area contributed by atoms with E-state index in [1.165, 1.54) is 5.56 Å². The van der Waals surface area contributed by atoms with Crippen molar-refractivity contribution in [1.29, 1.82) is 0 Å². The highest BCUT2D eigenvalue weighted by Crippen LogP contribution is 2.34. The van der Waals surface area contributed by atoms with Crippen LogP contribution >= 0.6 is 11.8 Å². The van der Waals surface area contributed by atoms with Crippen molar-refractivity contribution in [2.45, 2.75) is 25.1 Å². The van der Waals surface area contributed by atoms with Crippen molar-refractivity contribution in [3.05, 3.63) is 59.7 Å². The first-order chi connectivity index (χ1) is 12.9. The van der Waals surface area contributed by atoms with Gasteiger partial charge in [-0.25, -0.2) is 4.79 Å². The summed E-state index contributed by atoms with van der Waals surface area (Å²) < 4.78 is 5.40. The molecule has 0 atom stereocenters. The van der Waals surface area contributed by atoms with Crippen LogP contribution in [0.4, 0.5) is 11.4 Å². The van der Waals surface area contributed by atoms with Gasteiger partial charge in [0.2, 0.25) is 0 Å². The van der Waals surface area contributed by atoms with Gasteiger partial charge in [-0.1, -0.05) is 24.3 Å². The summed E-state index contributed by atoms with van der Waals surface area (Å²) in [5, 5.41) is 3.26. The molecule has 5 nitrogen and oxygen atoms in total. The molecular formula is C21H24N2O3S. The van der Waals surface area contributed by atoms with E-state index < -0.39 is 5.54 Å². The number of benzene rings is 2. The van der Waals surface area contributed by atoms with E-state index in [-0.39, 0.29) is 18.5 Å². The molecular weight excluding hydrogens is 360 g/mol. The highest BCUT2D eigenvalue weighted by molar-refractivity contribution is 7.97. The Morgan fingerprint density at radius 3 is 2.56 bits per heavy atom. The summed E-state index contributed by atoms with van der Waals surface area (Å²) >= 11 is 1.73. The van der Waals surface area contributed by atoms with Gasteiger partial charge in [0.1, 0.15) is 12.1 Å². The van der Waals surface area contributed by atoms with E-state index in [4.69, 9.17) is 4.74 Å². The van der Waals surface area contributed by atoms with Crippen LogP contribution in [0, 0.1) is 0 Å². The maximum Gasteiger partial charge on any atom is 0.338 e. The zero-order valence-corrected chi connectivity index (χ0v) is 16.6. The van der Waals surface area contributed by atoms with Crippen LogP contribution in [0.5, 0.6) is 0 Å². The second kappa shape index (κ2) is 8.05. The van der Waals surface area contributed by atoms with Gasteiger partial charge in [0.25, 0.3) is 5.91 Å². The van der Waals surface area contributed by atoms with E-state index in [0.717, 1.165) is 17.1 Å².